The number of likely N-dealkylation sites (N-methyl/N-ethyl adjacent to an activating group) is 1. The van der Waals surface area contributed by atoms with Crippen LogP contribution >= 0.6 is 0 Å². The van der Waals surface area contributed by atoms with Crippen LogP contribution in [0.3, 0.4) is 0 Å². The molecule has 2 saturated heterocycles. The van der Waals surface area contributed by atoms with Crippen molar-refractivity contribution in [2.24, 2.45) is 5.92 Å². The number of likely N-dealkylation sites (tertiary alicyclic amines) is 2. The van der Waals surface area contributed by atoms with Gasteiger partial charge in [0.2, 0.25) is 5.91 Å². The van der Waals surface area contributed by atoms with Gasteiger partial charge in [-0.3, -0.25) is 4.79 Å². The van der Waals surface area contributed by atoms with Gasteiger partial charge in [0.15, 0.2) is 0 Å². The molecule has 0 aromatic carbocycles. The van der Waals surface area contributed by atoms with Crippen LogP contribution in [0.5, 0.6) is 0 Å². The summed E-state index contributed by atoms with van der Waals surface area (Å²) in [5.74, 6) is 0.388. The maximum Gasteiger partial charge on any atom is 0.223 e. The van der Waals surface area contributed by atoms with Crippen LogP contribution in [0.1, 0.15) is 19.3 Å². The van der Waals surface area contributed by atoms with Gasteiger partial charge < -0.3 is 14.9 Å². The lowest BCUT2D eigenvalue weighted by Crippen LogP contribution is -2.39. The van der Waals surface area contributed by atoms with E-state index in [1.54, 1.807) is 0 Å². The highest BCUT2D eigenvalue weighted by molar-refractivity contribution is 5.78. The fourth-order valence-electron chi connectivity index (χ4n) is 2.62. The first-order chi connectivity index (χ1) is 7.20. The zero-order valence-electron chi connectivity index (χ0n) is 9.35. The van der Waals surface area contributed by atoms with Gasteiger partial charge in [0, 0.05) is 38.1 Å². The Kier molecular flexibility index (Phi) is 3.26. The van der Waals surface area contributed by atoms with Gasteiger partial charge in [-0.2, -0.15) is 0 Å². The maximum absolute atomic E-state index is 11.6. The second kappa shape index (κ2) is 4.49. The van der Waals surface area contributed by atoms with Crippen molar-refractivity contribution in [1.82, 2.24) is 9.80 Å². The highest BCUT2D eigenvalue weighted by Gasteiger charge is 2.32. The van der Waals surface area contributed by atoms with Crippen molar-refractivity contribution < 1.29 is 9.90 Å². The summed E-state index contributed by atoms with van der Waals surface area (Å²) >= 11 is 0. The van der Waals surface area contributed by atoms with Crippen molar-refractivity contribution in [3.8, 4) is 0 Å². The van der Waals surface area contributed by atoms with Crippen LogP contribution in [0.4, 0.5) is 0 Å². The molecule has 4 heteroatoms. The molecule has 2 rings (SSSR count). The lowest BCUT2D eigenvalue weighted by Gasteiger charge is -2.25. The SMILES string of the molecule is CN1CCCC1CN1CC(CO)CC1=O. The molecule has 2 aliphatic rings. The van der Waals surface area contributed by atoms with E-state index in [9.17, 15) is 4.79 Å². The number of carbonyl (C=O) groups excluding carboxylic acids is 1. The highest BCUT2D eigenvalue weighted by Crippen LogP contribution is 2.21. The smallest absolute Gasteiger partial charge is 0.223 e. The Morgan fingerprint density at radius 1 is 1.53 bits per heavy atom. The Hall–Kier alpha value is -0.610. The number of hydrogen-bond acceptors (Lipinski definition) is 3. The standard InChI is InChI=1S/C11H20N2O2/c1-12-4-2-3-10(12)7-13-6-9(8-14)5-11(13)15/h9-10,14H,2-8H2,1H3. The fraction of sp³-hybridized carbons (Fsp3) is 0.909. The first-order valence-corrected chi connectivity index (χ1v) is 5.79. The Morgan fingerprint density at radius 3 is 2.87 bits per heavy atom. The molecule has 0 aromatic heterocycles. The summed E-state index contributed by atoms with van der Waals surface area (Å²) in [6, 6.07) is 0.534. The van der Waals surface area contributed by atoms with Crippen LogP contribution in [-0.2, 0) is 4.79 Å². The summed E-state index contributed by atoms with van der Waals surface area (Å²) < 4.78 is 0. The number of nitrogens with zero attached hydrogens (tertiary/aromatic N) is 2. The number of aliphatic hydroxyl groups is 1. The van der Waals surface area contributed by atoms with Gasteiger partial charge in [0.05, 0.1) is 0 Å². The van der Waals surface area contributed by atoms with Gasteiger partial charge >= 0.3 is 0 Å². The summed E-state index contributed by atoms with van der Waals surface area (Å²) in [4.78, 5) is 15.9. The van der Waals surface area contributed by atoms with E-state index in [4.69, 9.17) is 5.11 Å². The van der Waals surface area contributed by atoms with Gasteiger partial charge in [-0.05, 0) is 26.4 Å². The molecule has 2 atom stereocenters. The van der Waals surface area contributed by atoms with Crippen LogP contribution in [-0.4, -0.2) is 60.1 Å². The fourth-order valence-corrected chi connectivity index (χ4v) is 2.62. The highest BCUT2D eigenvalue weighted by atomic mass is 16.3. The summed E-state index contributed by atoms with van der Waals surface area (Å²) in [7, 11) is 2.13. The van der Waals surface area contributed by atoms with Gasteiger partial charge in [-0.15, -0.1) is 0 Å². The first-order valence-electron chi connectivity index (χ1n) is 5.79. The Morgan fingerprint density at radius 2 is 2.33 bits per heavy atom. The third-order valence-corrected chi connectivity index (χ3v) is 3.66. The quantitative estimate of drug-likeness (QED) is 0.711. The van der Waals surface area contributed by atoms with Gasteiger partial charge in [-0.25, -0.2) is 0 Å². The minimum Gasteiger partial charge on any atom is -0.396 e. The molecule has 15 heavy (non-hydrogen) atoms. The molecular weight excluding hydrogens is 192 g/mol. The molecule has 86 valence electrons. The molecule has 2 fully saturated rings. The van der Waals surface area contributed by atoms with Crippen molar-refractivity contribution in [2.45, 2.75) is 25.3 Å². The van der Waals surface area contributed by atoms with E-state index in [2.05, 4.69) is 11.9 Å². The van der Waals surface area contributed by atoms with E-state index in [1.165, 1.54) is 12.8 Å². The molecule has 1 amide bonds. The predicted molar refractivity (Wildman–Crippen MR) is 57.4 cm³/mol. The van der Waals surface area contributed by atoms with Crippen molar-refractivity contribution in [2.75, 3.05) is 33.3 Å². The van der Waals surface area contributed by atoms with Crippen molar-refractivity contribution in [1.29, 1.82) is 0 Å². The summed E-state index contributed by atoms with van der Waals surface area (Å²) in [5, 5.41) is 9.03. The average Bonchev–Trinajstić information content (AvgIpc) is 2.76. The summed E-state index contributed by atoms with van der Waals surface area (Å²) in [5.41, 5.74) is 0. The third-order valence-electron chi connectivity index (χ3n) is 3.66. The van der Waals surface area contributed by atoms with Crippen LogP contribution in [0.15, 0.2) is 0 Å². The first kappa shape index (κ1) is 10.9. The van der Waals surface area contributed by atoms with Crippen LogP contribution in [0.25, 0.3) is 0 Å². The van der Waals surface area contributed by atoms with Crippen LogP contribution < -0.4 is 0 Å². The number of aliphatic hydroxyl groups excluding tert-OH is 1. The van der Waals surface area contributed by atoms with E-state index in [1.807, 2.05) is 4.90 Å². The molecule has 0 aliphatic carbocycles. The van der Waals surface area contributed by atoms with Gasteiger partial charge in [-0.1, -0.05) is 0 Å². The normalized spacial score (nSPS) is 32.9. The molecule has 1 N–H and O–H groups in total. The molecule has 2 unspecified atom stereocenters. The van der Waals surface area contributed by atoms with Gasteiger partial charge in [0.25, 0.3) is 0 Å². The number of carbonyl (C=O) groups is 1. The number of amides is 1. The molecule has 2 heterocycles. The monoisotopic (exact) mass is 212 g/mol. The second-order valence-corrected chi connectivity index (χ2v) is 4.83. The van der Waals surface area contributed by atoms with Crippen molar-refractivity contribution in [3.63, 3.8) is 0 Å². The molecule has 0 aromatic rings. The topological polar surface area (TPSA) is 43.8 Å². The van der Waals surface area contributed by atoms with E-state index in [-0.39, 0.29) is 18.4 Å². The number of hydrogen-bond donors (Lipinski definition) is 1. The van der Waals surface area contributed by atoms with Crippen LogP contribution in [0, 0.1) is 5.92 Å². The molecule has 2 aliphatic heterocycles. The Labute approximate surface area is 90.9 Å². The molecular formula is C11H20N2O2. The van der Waals surface area contributed by atoms with E-state index in [0.717, 1.165) is 19.6 Å². The molecule has 0 saturated carbocycles. The maximum atomic E-state index is 11.6. The molecule has 0 radical (unpaired) electrons. The minimum absolute atomic E-state index is 0.142. The van der Waals surface area contributed by atoms with Crippen molar-refractivity contribution >= 4 is 5.91 Å². The minimum atomic E-state index is 0.142. The summed E-state index contributed by atoms with van der Waals surface area (Å²) in [6.07, 6.45) is 2.98. The predicted octanol–water partition coefficient (Wildman–Crippen LogP) is -0.0786. The number of rotatable bonds is 3. The lowest BCUT2D eigenvalue weighted by atomic mass is 10.1. The molecule has 0 bridgehead atoms. The second-order valence-electron chi connectivity index (χ2n) is 4.83. The molecule has 0 spiro atoms. The van der Waals surface area contributed by atoms with E-state index < -0.39 is 0 Å². The van der Waals surface area contributed by atoms with E-state index >= 15 is 0 Å². The Bertz CT molecular complexity index is 245. The van der Waals surface area contributed by atoms with Gasteiger partial charge in [0.1, 0.15) is 0 Å². The van der Waals surface area contributed by atoms with E-state index in [0.29, 0.717) is 12.5 Å². The zero-order valence-corrected chi connectivity index (χ0v) is 9.35. The largest absolute Gasteiger partial charge is 0.396 e. The van der Waals surface area contributed by atoms with Crippen LogP contribution in [0.2, 0.25) is 0 Å². The third kappa shape index (κ3) is 2.32. The lowest BCUT2D eigenvalue weighted by molar-refractivity contribution is -0.128. The summed E-state index contributed by atoms with van der Waals surface area (Å²) in [6.45, 7) is 2.89. The molecule has 4 nitrogen and oxygen atoms in total. The van der Waals surface area contributed by atoms with Crippen molar-refractivity contribution in [3.05, 3.63) is 0 Å². The average molecular weight is 212 g/mol. The zero-order chi connectivity index (χ0) is 10.8. The Balaban J connectivity index is 1.86.